The van der Waals surface area contributed by atoms with E-state index >= 15 is 0 Å². The van der Waals surface area contributed by atoms with Crippen molar-refractivity contribution in [2.75, 3.05) is 0 Å². The molecule has 0 aromatic rings. The summed E-state index contributed by atoms with van der Waals surface area (Å²) in [5.74, 6) is 0.288. The predicted molar refractivity (Wildman–Crippen MR) is 98.8 cm³/mol. The predicted octanol–water partition coefficient (Wildman–Crippen LogP) is 4.32. The average molecular weight is 382 g/mol. The van der Waals surface area contributed by atoms with Gasteiger partial charge in [0.2, 0.25) is 0 Å². The van der Waals surface area contributed by atoms with Gasteiger partial charge >= 0.3 is 17.1 Å². The minimum Gasteiger partial charge on any atom is -0.875 e. The van der Waals surface area contributed by atoms with Crippen molar-refractivity contribution in [2.45, 2.75) is 55.4 Å². The fourth-order valence-electron chi connectivity index (χ4n) is 2.26. The molecule has 0 aliphatic heterocycles. The molecule has 0 radical (unpaired) electrons. The molecule has 138 valence electrons. The van der Waals surface area contributed by atoms with Gasteiger partial charge in [0, 0.05) is 0 Å². The molecule has 0 saturated carbocycles. The van der Waals surface area contributed by atoms with Crippen LogP contribution in [0.5, 0.6) is 0 Å². The number of rotatable bonds is 0. The van der Waals surface area contributed by atoms with E-state index in [1.165, 1.54) is 11.1 Å². The molecule has 2 rings (SSSR count). The molecule has 2 nitrogen and oxygen atoms in total. The minimum atomic E-state index is 0. The van der Waals surface area contributed by atoms with Crippen molar-refractivity contribution < 1.29 is 27.3 Å². The summed E-state index contributed by atoms with van der Waals surface area (Å²) in [5.41, 5.74) is 4.39. The second kappa shape index (κ2) is 8.78. The summed E-state index contributed by atoms with van der Waals surface area (Å²) >= 11 is 0. The molecule has 0 amide bonds. The van der Waals surface area contributed by atoms with Gasteiger partial charge in [0.05, 0.1) is 0 Å². The van der Waals surface area contributed by atoms with E-state index in [1.807, 2.05) is 36.5 Å². The van der Waals surface area contributed by atoms with Crippen molar-refractivity contribution in [3.8, 4) is 0 Å². The van der Waals surface area contributed by atoms with Gasteiger partial charge in [-0.3, -0.25) is 0 Å². The molecule has 0 bridgehead atoms. The summed E-state index contributed by atoms with van der Waals surface area (Å²) in [4.78, 5) is 0. The molecule has 0 N–H and O–H groups in total. The third-order valence-electron chi connectivity index (χ3n) is 4.05. The van der Waals surface area contributed by atoms with E-state index < -0.39 is 0 Å². The van der Waals surface area contributed by atoms with Crippen LogP contribution < -0.4 is 10.2 Å². The molecule has 0 heterocycles. The Bertz CT molecular complexity index is 602. The van der Waals surface area contributed by atoms with Crippen LogP contribution in [0, 0.1) is 10.8 Å². The van der Waals surface area contributed by atoms with Crippen LogP contribution in [-0.2, 0) is 17.1 Å². The Hall–Kier alpha value is -1.44. The summed E-state index contributed by atoms with van der Waals surface area (Å²) < 4.78 is 0. The number of hydrogen-bond donors (Lipinski definition) is 0. The van der Waals surface area contributed by atoms with E-state index in [0.717, 1.165) is 11.1 Å². The fraction of sp³-hybridized carbons (Fsp3) is 0.455. The van der Waals surface area contributed by atoms with E-state index in [9.17, 15) is 10.2 Å². The fourth-order valence-corrected chi connectivity index (χ4v) is 2.26. The Morgan fingerprint density at radius 2 is 0.920 bits per heavy atom. The van der Waals surface area contributed by atoms with Crippen LogP contribution in [0.25, 0.3) is 0 Å². The summed E-state index contributed by atoms with van der Waals surface area (Å²) in [7, 11) is 0. The van der Waals surface area contributed by atoms with Crippen molar-refractivity contribution >= 4 is 0 Å². The molecule has 0 fully saturated rings. The van der Waals surface area contributed by atoms with Crippen LogP contribution >= 0.6 is 0 Å². The molecular weight excluding hydrogens is 352 g/mol. The van der Waals surface area contributed by atoms with Gasteiger partial charge < -0.3 is 10.2 Å². The van der Waals surface area contributed by atoms with Gasteiger partial charge in [0.15, 0.2) is 0 Å². The Labute approximate surface area is 163 Å². The minimum absolute atomic E-state index is 0. The summed E-state index contributed by atoms with van der Waals surface area (Å²) in [6.07, 6.45) is 11.8. The van der Waals surface area contributed by atoms with Crippen molar-refractivity contribution in [1.82, 2.24) is 0 Å². The van der Waals surface area contributed by atoms with Crippen LogP contribution in [-0.4, -0.2) is 0 Å². The molecule has 0 aromatic heterocycles. The normalized spacial score (nSPS) is 20.3. The number of hydrogen-bond acceptors (Lipinski definition) is 2. The Kier molecular flexibility index (Phi) is 8.27. The maximum Gasteiger partial charge on any atom is 2.00 e. The van der Waals surface area contributed by atoms with E-state index in [4.69, 9.17) is 0 Å². The Morgan fingerprint density at radius 1 is 0.640 bits per heavy atom. The maximum absolute atomic E-state index is 11.0. The zero-order valence-corrected chi connectivity index (χ0v) is 17.7. The molecule has 0 saturated heterocycles. The zero-order valence-electron chi connectivity index (χ0n) is 16.6. The quantitative estimate of drug-likeness (QED) is 0.463. The summed E-state index contributed by atoms with van der Waals surface area (Å²) in [6.45, 7) is 16.1. The molecule has 0 unspecified atom stereocenters. The van der Waals surface area contributed by atoms with Crippen molar-refractivity contribution in [2.24, 2.45) is 10.8 Å². The van der Waals surface area contributed by atoms with Crippen molar-refractivity contribution in [1.29, 1.82) is 0 Å². The molecule has 3 heteroatoms. The molecule has 2 aliphatic carbocycles. The van der Waals surface area contributed by atoms with Crippen LogP contribution in [0.2, 0.25) is 0 Å². The molecule has 0 aromatic carbocycles. The van der Waals surface area contributed by atoms with Gasteiger partial charge in [-0.15, -0.1) is 11.5 Å². The Balaban J connectivity index is 0.000000443. The van der Waals surface area contributed by atoms with Crippen LogP contribution in [0.1, 0.15) is 55.4 Å². The maximum atomic E-state index is 11.0. The van der Waals surface area contributed by atoms with Gasteiger partial charge in [-0.2, -0.15) is 0 Å². The van der Waals surface area contributed by atoms with Gasteiger partial charge in [-0.25, -0.2) is 0 Å². The van der Waals surface area contributed by atoms with Crippen LogP contribution in [0.15, 0.2) is 70.3 Å². The van der Waals surface area contributed by atoms with Gasteiger partial charge in [-0.05, 0) is 33.1 Å². The van der Waals surface area contributed by atoms with Gasteiger partial charge in [0.1, 0.15) is 0 Å². The second-order valence-electron chi connectivity index (χ2n) is 8.39. The third kappa shape index (κ3) is 7.13. The topological polar surface area (TPSA) is 46.1 Å². The van der Waals surface area contributed by atoms with Gasteiger partial charge in [-0.1, -0.05) is 91.8 Å². The van der Waals surface area contributed by atoms with E-state index in [-0.39, 0.29) is 39.4 Å². The third-order valence-corrected chi connectivity index (χ3v) is 4.05. The first-order valence-corrected chi connectivity index (χ1v) is 8.38. The molecular formula is C22H30FeO2. The monoisotopic (exact) mass is 382 g/mol. The first kappa shape index (κ1) is 23.6. The number of allylic oxidation sites excluding steroid dienone is 12. The zero-order chi connectivity index (χ0) is 18.7. The van der Waals surface area contributed by atoms with E-state index in [0.29, 0.717) is 0 Å². The van der Waals surface area contributed by atoms with Crippen LogP contribution in [0.4, 0.5) is 0 Å². The smallest absolute Gasteiger partial charge is 0.875 e. The van der Waals surface area contributed by atoms with E-state index in [1.54, 1.807) is 13.8 Å². The average Bonchev–Trinajstić information content (AvgIpc) is 3.08. The summed E-state index contributed by atoms with van der Waals surface area (Å²) in [5, 5.41) is 22.0. The van der Waals surface area contributed by atoms with Crippen molar-refractivity contribution in [3.63, 3.8) is 0 Å². The SMILES string of the molecule is CC([O-])=C1C=CC(C(C)(C)C)=C1.CC([O-])=C1C=CC(C(C)(C)C)=C1.[Fe+2]. The molecule has 0 spiro atoms. The Morgan fingerprint density at radius 3 is 1.04 bits per heavy atom. The molecule has 0 atom stereocenters. The second-order valence-corrected chi connectivity index (χ2v) is 8.39. The molecule has 2 aliphatic rings. The largest absolute Gasteiger partial charge is 2.00 e. The first-order chi connectivity index (χ1) is 10.8. The standard InChI is InChI=1S/2C11H16O.Fe/c2*1-8(12)9-5-6-10(7-9)11(2,3)4;/h2*5-7,12H,1-4H3;/q;;+2/p-2. The van der Waals surface area contributed by atoms with Crippen LogP contribution in [0.3, 0.4) is 0 Å². The molecule has 25 heavy (non-hydrogen) atoms. The van der Waals surface area contributed by atoms with Crippen molar-refractivity contribution in [3.05, 3.63) is 70.3 Å². The van der Waals surface area contributed by atoms with Gasteiger partial charge in [0.25, 0.3) is 0 Å². The van der Waals surface area contributed by atoms with E-state index in [2.05, 4.69) is 41.5 Å². The first-order valence-electron chi connectivity index (χ1n) is 8.38. The summed E-state index contributed by atoms with van der Waals surface area (Å²) in [6, 6.07) is 0.